The first kappa shape index (κ1) is 12.8. The number of para-hydroxylation sites is 1. The minimum atomic E-state index is 0.511. The Hall–Kier alpha value is -1.67. The summed E-state index contributed by atoms with van der Waals surface area (Å²) in [6.45, 7) is 0. The number of halogens is 1. The van der Waals surface area contributed by atoms with Gasteiger partial charge < -0.3 is 9.64 Å². The summed E-state index contributed by atoms with van der Waals surface area (Å²) in [6, 6.07) is 16.1. The predicted molar refractivity (Wildman–Crippen MR) is 77.1 cm³/mol. The van der Waals surface area contributed by atoms with E-state index in [1.54, 1.807) is 7.11 Å². The molecule has 0 aliphatic carbocycles. The van der Waals surface area contributed by atoms with E-state index in [1.807, 2.05) is 49.5 Å². The highest BCUT2D eigenvalue weighted by Gasteiger charge is 2.08. The molecule has 0 aliphatic rings. The van der Waals surface area contributed by atoms with Crippen molar-refractivity contribution in [3.8, 4) is 5.75 Å². The van der Waals surface area contributed by atoms with Gasteiger partial charge in [0, 0.05) is 24.3 Å². The third-order valence-electron chi connectivity index (χ3n) is 2.96. The summed E-state index contributed by atoms with van der Waals surface area (Å²) in [6.07, 6.45) is 0. The molecule has 3 heteroatoms. The summed E-state index contributed by atoms with van der Waals surface area (Å²) in [5.74, 6) is 1.37. The van der Waals surface area contributed by atoms with Crippen LogP contribution in [-0.4, -0.2) is 14.2 Å². The van der Waals surface area contributed by atoms with Crippen LogP contribution in [0.5, 0.6) is 5.75 Å². The summed E-state index contributed by atoms with van der Waals surface area (Å²) < 4.78 is 5.16. The Balaban J connectivity index is 2.31. The fourth-order valence-corrected chi connectivity index (χ4v) is 2.12. The lowest BCUT2D eigenvalue weighted by molar-refractivity contribution is 0.415. The van der Waals surface area contributed by atoms with Gasteiger partial charge in [0.2, 0.25) is 0 Å². The zero-order valence-corrected chi connectivity index (χ0v) is 11.3. The maximum atomic E-state index is 5.96. The van der Waals surface area contributed by atoms with Crippen molar-refractivity contribution >= 4 is 23.0 Å². The number of rotatable bonds is 4. The summed E-state index contributed by atoms with van der Waals surface area (Å²) in [4.78, 5) is 2.12. The van der Waals surface area contributed by atoms with Gasteiger partial charge in [0.25, 0.3) is 0 Å². The largest absolute Gasteiger partial charge is 0.497 e. The van der Waals surface area contributed by atoms with E-state index >= 15 is 0 Å². The average Bonchev–Trinajstić information content (AvgIpc) is 2.46. The smallest absolute Gasteiger partial charge is 0.119 e. The van der Waals surface area contributed by atoms with Gasteiger partial charge >= 0.3 is 0 Å². The van der Waals surface area contributed by atoms with Crippen molar-refractivity contribution in [2.75, 3.05) is 19.1 Å². The second-order valence-corrected chi connectivity index (χ2v) is 4.29. The van der Waals surface area contributed by atoms with Gasteiger partial charge in [0.05, 0.1) is 7.11 Å². The normalized spacial score (nSPS) is 10.2. The van der Waals surface area contributed by atoms with Crippen LogP contribution in [0.2, 0.25) is 0 Å². The molecular weight excluding hydrogens is 246 g/mol. The van der Waals surface area contributed by atoms with Crippen LogP contribution in [0.25, 0.3) is 0 Å². The molecule has 0 fully saturated rings. The molecule has 2 rings (SSSR count). The molecule has 2 nitrogen and oxygen atoms in total. The van der Waals surface area contributed by atoms with E-state index in [1.165, 1.54) is 0 Å². The van der Waals surface area contributed by atoms with E-state index in [2.05, 4.69) is 11.0 Å². The summed E-state index contributed by atoms with van der Waals surface area (Å²) in [5.41, 5.74) is 3.35. The number of alkyl halides is 1. The van der Waals surface area contributed by atoms with E-state index < -0.39 is 0 Å². The molecule has 0 spiro atoms. The maximum Gasteiger partial charge on any atom is 0.119 e. The molecule has 18 heavy (non-hydrogen) atoms. The Bertz CT molecular complexity index is 510. The van der Waals surface area contributed by atoms with Crippen molar-refractivity contribution in [2.24, 2.45) is 0 Å². The summed E-state index contributed by atoms with van der Waals surface area (Å²) >= 11 is 5.96. The average molecular weight is 262 g/mol. The molecule has 0 aliphatic heterocycles. The topological polar surface area (TPSA) is 12.5 Å². The van der Waals surface area contributed by atoms with Crippen LogP contribution in [0.15, 0.2) is 48.5 Å². The van der Waals surface area contributed by atoms with Crippen LogP contribution in [0, 0.1) is 0 Å². The molecule has 0 saturated heterocycles. The zero-order valence-electron chi connectivity index (χ0n) is 10.6. The van der Waals surface area contributed by atoms with Crippen molar-refractivity contribution in [3.63, 3.8) is 0 Å². The number of ether oxygens (including phenoxy) is 1. The molecule has 0 amide bonds. The van der Waals surface area contributed by atoms with Gasteiger partial charge in [-0.2, -0.15) is 0 Å². The second kappa shape index (κ2) is 5.78. The molecular formula is C15H16ClNO. The Morgan fingerprint density at radius 3 is 2.33 bits per heavy atom. The van der Waals surface area contributed by atoms with E-state index in [9.17, 15) is 0 Å². The maximum absolute atomic E-state index is 5.96. The Morgan fingerprint density at radius 1 is 1.06 bits per heavy atom. The minimum absolute atomic E-state index is 0.511. The fourth-order valence-electron chi connectivity index (χ4n) is 1.90. The van der Waals surface area contributed by atoms with E-state index in [4.69, 9.17) is 16.3 Å². The number of nitrogens with zero attached hydrogens (tertiary/aromatic N) is 1. The molecule has 0 atom stereocenters. The standard InChI is InChI=1S/C15H16ClNO/c1-17(13-7-9-14(18-2)10-8-13)15-6-4-3-5-12(15)11-16/h3-10H,11H2,1-2H3. The third kappa shape index (κ3) is 2.59. The quantitative estimate of drug-likeness (QED) is 0.765. The van der Waals surface area contributed by atoms with Crippen LogP contribution >= 0.6 is 11.6 Å². The SMILES string of the molecule is COc1ccc(N(C)c2ccccc2CCl)cc1. The van der Waals surface area contributed by atoms with Gasteiger partial charge in [-0.1, -0.05) is 18.2 Å². The first-order valence-electron chi connectivity index (χ1n) is 5.78. The number of hydrogen-bond donors (Lipinski definition) is 0. The van der Waals surface area contributed by atoms with Crippen molar-refractivity contribution in [1.82, 2.24) is 0 Å². The molecule has 2 aromatic rings. The van der Waals surface area contributed by atoms with Gasteiger partial charge in [-0.05, 0) is 35.9 Å². The highest BCUT2D eigenvalue weighted by Crippen LogP contribution is 2.29. The summed E-state index contributed by atoms with van der Waals surface area (Å²) in [5, 5.41) is 0. The van der Waals surface area contributed by atoms with Gasteiger partial charge in [-0.25, -0.2) is 0 Å². The lowest BCUT2D eigenvalue weighted by Gasteiger charge is -2.22. The highest BCUT2D eigenvalue weighted by molar-refractivity contribution is 6.17. The van der Waals surface area contributed by atoms with Gasteiger partial charge in [-0.3, -0.25) is 0 Å². The van der Waals surface area contributed by atoms with Gasteiger partial charge in [-0.15, -0.1) is 11.6 Å². The van der Waals surface area contributed by atoms with Crippen LogP contribution in [-0.2, 0) is 5.88 Å². The molecule has 0 N–H and O–H groups in total. The van der Waals surface area contributed by atoms with Gasteiger partial charge in [0.1, 0.15) is 5.75 Å². The first-order chi connectivity index (χ1) is 8.76. The monoisotopic (exact) mass is 261 g/mol. The molecule has 0 radical (unpaired) electrons. The molecule has 0 unspecified atom stereocenters. The van der Waals surface area contributed by atoms with Crippen molar-refractivity contribution in [3.05, 3.63) is 54.1 Å². The Labute approximate surface area is 113 Å². The molecule has 2 aromatic carbocycles. The van der Waals surface area contributed by atoms with Crippen LogP contribution < -0.4 is 9.64 Å². The Morgan fingerprint density at radius 2 is 1.72 bits per heavy atom. The van der Waals surface area contributed by atoms with Crippen molar-refractivity contribution in [1.29, 1.82) is 0 Å². The van der Waals surface area contributed by atoms with Gasteiger partial charge in [0.15, 0.2) is 0 Å². The number of benzene rings is 2. The molecule has 0 heterocycles. The van der Waals surface area contributed by atoms with Crippen molar-refractivity contribution < 1.29 is 4.74 Å². The third-order valence-corrected chi connectivity index (χ3v) is 3.24. The molecule has 0 aromatic heterocycles. The zero-order chi connectivity index (χ0) is 13.0. The number of anilines is 2. The first-order valence-corrected chi connectivity index (χ1v) is 6.31. The predicted octanol–water partition coefficient (Wildman–Crippen LogP) is 4.20. The number of hydrogen-bond acceptors (Lipinski definition) is 2. The molecule has 0 bridgehead atoms. The fraction of sp³-hybridized carbons (Fsp3) is 0.200. The lowest BCUT2D eigenvalue weighted by atomic mass is 10.1. The van der Waals surface area contributed by atoms with E-state index in [0.29, 0.717) is 5.88 Å². The Kier molecular flexibility index (Phi) is 4.11. The van der Waals surface area contributed by atoms with E-state index in [0.717, 1.165) is 22.7 Å². The van der Waals surface area contributed by atoms with Crippen LogP contribution in [0.1, 0.15) is 5.56 Å². The second-order valence-electron chi connectivity index (χ2n) is 4.02. The lowest BCUT2D eigenvalue weighted by Crippen LogP contribution is -2.11. The molecule has 94 valence electrons. The van der Waals surface area contributed by atoms with E-state index in [-0.39, 0.29) is 0 Å². The van der Waals surface area contributed by atoms with Crippen molar-refractivity contribution in [2.45, 2.75) is 5.88 Å². The highest BCUT2D eigenvalue weighted by atomic mass is 35.5. The summed E-state index contributed by atoms with van der Waals surface area (Å²) in [7, 11) is 3.70. The minimum Gasteiger partial charge on any atom is -0.497 e. The van der Waals surface area contributed by atoms with Crippen LogP contribution in [0.4, 0.5) is 11.4 Å². The molecule has 0 saturated carbocycles. The van der Waals surface area contributed by atoms with Crippen LogP contribution in [0.3, 0.4) is 0 Å². The number of methoxy groups -OCH3 is 1.